The number of para-hydroxylation sites is 1. The summed E-state index contributed by atoms with van der Waals surface area (Å²) in [5, 5.41) is 13.3. The van der Waals surface area contributed by atoms with E-state index in [0.29, 0.717) is 28.5 Å². The van der Waals surface area contributed by atoms with Gasteiger partial charge in [-0.3, -0.25) is 14.5 Å². The van der Waals surface area contributed by atoms with Gasteiger partial charge in [0.05, 0.1) is 17.7 Å². The molecule has 1 saturated heterocycles. The number of halogens is 1. The third kappa shape index (κ3) is 4.34. The average molecular weight is 518 g/mol. The highest BCUT2D eigenvalue weighted by Crippen LogP contribution is 2.44. The number of carbonyl (C=O) groups excluding carboxylic acids is 2. The lowest BCUT2D eigenvalue weighted by Crippen LogP contribution is -2.29. The summed E-state index contributed by atoms with van der Waals surface area (Å²) in [5.41, 5.74) is 0.808. The number of ketones is 1. The van der Waals surface area contributed by atoms with E-state index in [4.69, 9.17) is 21.1 Å². The highest BCUT2D eigenvalue weighted by atomic mass is 35.5. The maximum Gasteiger partial charge on any atom is 0.300 e. The van der Waals surface area contributed by atoms with Crippen molar-refractivity contribution in [1.29, 1.82) is 0 Å². The van der Waals surface area contributed by atoms with Crippen molar-refractivity contribution in [3.8, 4) is 17.2 Å². The molecule has 4 aromatic rings. The van der Waals surface area contributed by atoms with Gasteiger partial charge in [0, 0.05) is 16.1 Å². The second-order valence-corrected chi connectivity index (χ2v) is 9.33. The predicted octanol–water partition coefficient (Wildman–Crippen LogP) is 6.83. The lowest BCUT2D eigenvalue weighted by atomic mass is 9.99. The van der Waals surface area contributed by atoms with Gasteiger partial charge in [0.15, 0.2) is 0 Å². The molecule has 1 aliphatic heterocycles. The first-order valence-corrected chi connectivity index (χ1v) is 12.2. The summed E-state index contributed by atoms with van der Waals surface area (Å²) in [6.07, 6.45) is 0. The van der Waals surface area contributed by atoms with Crippen LogP contribution in [0.4, 0.5) is 5.69 Å². The third-order valence-corrected chi connectivity index (χ3v) is 7.00. The minimum atomic E-state index is -0.799. The van der Waals surface area contributed by atoms with Crippen molar-refractivity contribution in [2.24, 2.45) is 0 Å². The second-order valence-electron chi connectivity index (χ2n) is 7.94. The van der Waals surface area contributed by atoms with Crippen LogP contribution in [-0.4, -0.2) is 23.9 Å². The van der Waals surface area contributed by atoms with E-state index in [-0.39, 0.29) is 16.4 Å². The number of nitrogens with zero attached hydrogens (tertiary/aromatic N) is 1. The van der Waals surface area contributed by atoms with Gasteiger partial charge in [0.2, 0.25) is 0 Å². The summed E-state index contributed by atoms with van der Waals surface area (Å²) in [7, 11) is 1.49. The van der Waals surface area contributed by atoms with E-state index in [0.717, 1.165) is 4.88 Å². The smallest absolute Gasteiger partial charge is 0.300 e. The number of hydrogen-bond donors (Lipinski definition) is 1. The normalized spacial score (nSPS) is 16.8. The molecular weight excluding hydrogens is 498 g/mol. The van der Waals surface area contributed by atoms with Crippen LogP contribution in [0, 0.1) is 0 Å². The number of carbonyl (C=O) groups is 2. The number of thiophene rings is 1. The zero-order chi connectivity index (χ0) is 25.2. The largest absolute Gasteiger partial charge is 0.507 e. The Hall–Kier alpha value is -4.07. The molecule has 2 heterocycles. The standard InChI is InChI=1S/C28H20ClNO5S/c1-34-22-14-9-17(16-21(22)29)26(31)24-25(23-8-5-15-36-23)30(28(33)27(24)32)18-10-12-20(13-11-18)35-19-6-3-2-4-7-19/h2-16,25,31H,1H3/b26-24-. The van der Waals surface area contributed by atoms with Crippen LogP contribution in [0.25, 0.3) is 5.76 Å². The number of hydrogen-bond acceptors (Lipinski definition) is 6. The van der Waals surface area contributed by atoms with E-state index in [1.165, 1.54) is 29.4 Å². The molecule has 5 rings (SSSR count). The maximum atomic E-state index is 13.3. The number of rotatable bonds is 6. The van der Waals surface area contributed by atoms with Crippen molar-refractivity contribution in [2.75, 3.05) is 12.0 Å². The van der Waals surface area contributed by atoms with E-state index in [2.05, 4.69) is 0 Å². The molecule has 1 amide bonds. The highest BCUT2D eigenvalue weighted by Gasteiger charge is 2.47. The Balaban J connectivity index is 1.56. The van der Waals surface area contributed by atoms with E-state index in [1.807, 2.05) is 47.8 Å². The Morgan fingerprint density at radius 2 is 1.67 bits per heavy atom. The van der Waals surface area contributed by atoms with Crippen molar-refractivity contribution in [3.05, 3.63) is 111 Å². The fourth-order valence-electron chi connectivity index (χ4n) is 4.08. The van der Waals surface area contributed by atoms with Crippen molar-refractivity contribution in [1.82, 2.24) is 0 Å². The molecule has 0 aliphatic carbocycles. The minimum absolute atomic E-state index is 0.00621. The van der Waals surface area contributed by atoms with Crippen molar-refractivity contribution < 1.29 is 24.2 Å². The van der Waals surface area contributed by atoms with Crippen molar-refractivity contribution >= 4 is 46.1 Å². The molecule has 1 unspecified atom stereocenters. The average Bonchev–Trinajstić information content (AvgIpc) is 3.52. The molecule has 1 fully saturated rings. The zero-order valence-electron chi connectivity index (χ0n) is 19.1. The van der Waals surface area contributed by atoms with Gasteiger partial charge in [-0.15, -0.1) is 11.3 Å². The number of aliphatic hydroxyl groups is 1. The zero-order valence-corrected chi connectivity index (χ0v) is 20.6. The Morgan fingerprint density at radius 3 is 2.31 bits per heavy atom. The van der Waals surface area contributed by atoms with Gasteiger partial charge >= 0.3 is 0 Å². The molecule has 0 radical (unpaired) electrons. The molecule has 3 aromatic carbocycles. The number of Topliss-reactive ketones (excluding diaryl/α,β-unsaturated/α-hetero) is 1. The molecular formula is C28H20ClNO5S. The quantitative estimate of drug-likeness (QED) is 0.172. The van der Waals surface area contributed by atoms with E-state index in [1.54, 1.807) is 36.4 Å². The van der Waals surface area contributed by atoms with Crippen LogP contribution in [0.1, 0.15) is 16.5 Å². The van der Waals surface area contributed by atoms with E-state index in [9.17, 15) is 14.7 Å². The Morgan fingerprint density at radius 1 is 0.944 bits per heavy atom. The molecule has 1 N–H and O–H groups in total. The van der Waals surface area contributed by atoms with Crippen LogP contribution in [-0.2, 0) is 9.59 Å². The molecule has 0 saturated carbocycles. The molecule has 180 valence electrons. The van der Waals surface area contributed by atoms with Crippen LogP contribution < -0.4 is 14.4 Å². The fraction of sp³-hybridized carbons (Fsp3) is 0.0714. The maximum absolute atomic E-state index is 13.3. The molecule has 1 aromatic heterocycles. The van der Waals surface area contributed by atoms with Gasteiger partial charge in [0.25, 0.3) is 11.7 Å². The Kier molecular flexibility index (Phi) is 6.50. The summed E-state index contributed by atoms with van der Waals surface area (Å²) in [4.78, 5) is 28.6. The second kappa shape index (κ2) is 9.89. The molecule has 1 atom stereocenters. The molecule has 36 heavy (non-hydrogen) atoms. The first-order chi connectivity index (χ1) is 17.5. The summed E-state index contributed by atoms with van der Waals surface area (Å²) < 4.78 is 11.0. The summed E-state index contributed by atoms with van der Waals surface area (Å²) >= 11 is 7.64. The molecule has 6 nitrogen and oxygen atoms in total. The van der Waals surface area contributed by atoms with Gasteiger partial charge in [-0.2, -0.15) is 0 Å². The molecule has 0 bridgehead atoms. The number of ether oxygens (including phenoxy) is 2. The topological polar surface area (TPSA) is 76.1 Å². The monoisotopic (exact) mass is 517 g/mol. The summed E-state index contributed by atoms with van der Waals surface area (Å²) in [5.74, 6) is -0.109. The van der Waals surface area contributed by atoms with Crippen LogP contribution in [0.3, 0.4) is 0 Å². The first kappa shape index (κ1) is 23.7. The number of amides is 1. The molecule has 8 heteroatoms. The number of methoxy groups -OCH3 is 1. The van der Waals surface area contributed by atoms with Crippen molar-refractivity contribution in [3.63, 3.8) is 0 Å². The SMILES string of the molecule is COc1ccc(/C(O)=C2/C(=O)C(=O)N(c3ccc(Oc4ccccc4)cc3)C2c2cccs2)cc1Cl. The number of benzene rings is 3. The Labute approximate surface area is 216 Å². The Bertz CT molecular complexity index is 1450. The number of anilines is 1. The van der Waals surface area contributed by atoms with Crippen LogP contribution >= 0.6 is 22.9 Å². The highest BCUT2D eigenvalue weighted by molar-refractivity contribution is 7.10. The van der Waals surface area contributed by atoms with Gasteiger partial charge in [-0.1, -0.05) is 35.9 Å². The number of aliphatic hydroxyl groups excluding tert-OH is 1. The van der Waals surface area contributed by atoms with E-state index >= 15 is 0 Å². The van der Waals surface area contributed by atoms with Gasteiger partial charge < -0.3 is 14.6 Å². The molecule has 0 spiro atoms. The predicted molar refractivity (Wildman–Crippen MR) is 140 cm³/mol. The third-order valence-electron chi connectivity index (χ3n) is 5.78. The van der Waals surface area contributed by atoms with Gasteiger partial charge in [-0.05, 0) is 66.0 Å². The first-order valence-electron chi connectivity index (χ1n) is 11.0. The summed E-state index contributed by atoms with van der Waals surface area (Å²) in [6.45, 7) is 0. The summed E-state index contributed by atoms with van der Waals surface area (Å²) in [6, 6.07) is 23.8. The van der Waals surface area contributed by atoms with Crippen molar-refractivity contribution in [2.45, 2.75) is 6.04 Å². The molecule has 1 aliphatic rings. The van der Waals surface area contributed by atoms with Crippen LogP contribution in [0.2, 0.25) is 5.02 Å². The van der Waals surface area contributed by atoms with Crippen LogP contribution in [0.15, 0.2) is 95.9 Å². The van der Waals surface area contributed by atoms with Gasteiger partial charge in [-0.25, -0.2) is 0 Å². The fourth-order valence-corrected chi connectivity index (χ4v) is 5.16. The lowest BCUT2D eigenvalue weighted by molar-refractivity contribution is -0.132. The van der Waals surface area contributed by atoms with E-state index < -0.39 is 17.7 Å². The minimum Gasteiger partial charge on any atom is -0.507 e. The van der Waals surface area contributed by atoms with Crippen LogP contribution in [0.5, 0.6) is 17.2 Å². The lowest BCUT2D eigenvalue weighted by Gasteiger charge is -2.24. The van der Waals surface area contributed by atoms with Gasteiger partial charge in [0.1, 0.15) is 29.0 Å².